The summed E-state index contributed by atoms with van der Waals surface area (Å²) in [6.45, 7) is 5.98. The lowest BCUT2D eigenvalue weighted by Gasteiger charge is -1.84. The topological polar surface area (TPSA) is 11.3 Å². The van der Waals surface area contributed by atoms with Crippen LogP contribution in [0.25, 0.3) is 0 Å². The zero-order chi connectivity index (χ0) is 6.85. The van der Waals surface area contributed by atoms with Gasteiger partial charge >= 0.3 is 11.5 Å². The summed E-state index contributed by atoms with van der Waals surface area (Å²) in [5, 5.41) is 0. The zero-order valence-corrected chi connectivity index (χ0v) is 6.06. The first kappa shape index (κ1) is 6.27. The Balaban J connectivity index is 3.17. The second-order valence-corrected chi connectivity index (χ2v) is 2.36. The van der Waals surface area contributed by atoms with E-state index in [4.69, 9.17) is 4.42 Å². The van der Waals surface area contributed by atoms with E-state index in [9.17, 15) is 0 Å². The molecule has 0 fully saturated rings. The predicted molar refractivity (Wildman–Crippen MR) is 37.3 cm³/mol. The second kappa shape index (κ2) is 2.18. The summed E-state index contributed by atoms with van der Waals surface area (Å²) < 4.78 is 5.26. The molecule has 0 spiro atoms. The van der Waals surface area contributed by atoms with Gasteiger partial charge in [-0.3, -0.25) is 0 Å². The van der Waals surface area contributed by atoms with Crippen LogP contribution in [0.4, 0.5) is 0 Å². The molecule has 1 aromatic rings. The molecule has 0 radical (unpaired) electrons. The maximum absolute atomic E-state index is 5.26. The number of aryl methyl sites for hydroxylation is 3. The molecule has 1 heterocycles. The fraction of sp³-hybridized carbons (Fsp3) is 0.375. The molecule has 0 aliphatic heterocycles. The van der Waals surface area contributed by atoms with E-state index in [0.29, 0.717) is 0 Å². The van der Waals surface area contributed by atoms with Crippen molar-refractivity contribution in [2.24, 2.45) is 0 Å². The summed E-state index contributed by atoms with van der Waals surface area (Å²) in [5.74, 6) is 1.96. The monoisotopic (exact) mass is 129 g/mol. The standard InChI is InChI=1S/C8H11O/c1-6-4-7(2)9-8(3)5-6/h4-5H,1-3H3/q+1/i1+1,4+1,5+1,6+1,7+1,8+1. The minimum Gasteiger partial charge on any atom is -0.218 e. The van der Waals surface area contributed by atoms with Crippen molar-refractivity contribution in [1.29, 1.82) is 0 Å². The third kappa shape index (κ3) is 1.53. The second-order valence-electron chi connectivity index (χ2n) is 2.36. The Bertz CT molecular complexity index is 165. The van der Waals surface area contributed by atoms with E-state index in [1.54, 1.807) is 0 Å². The van der Waals surface area contributed by atoms with Crippen molar-refractivity contribution >= 4 is 0 Å². The van der Waals surface area contributed by atoms with Gasteiger partial charge in [0.05, 0.1) is 13.8 Å². The summed E-state index contributed by atoms with van der Waals surface area (Å²) in [4.78, 5) is 0. The average molecular weight is 129 g/mol. The summed E-state index contributed by atoms with van der Waals surface area (Å²) in [5.41, 5.74) is 1.26. The molecule has 0 bridgehead atoms. The van der Waals surface area contributed by atoms with Crippen molar-refractivity contribution in [3.63, 3.8) is 0 Å². The van der Waals surface area contributed by atoms with Crippen LogP contribution in [0.15, 0.2) is 16.5 Å². The molecule has 1 heteroatoms. The lowest BCUT2D eigenvalue weighted by Crippen LogP contribution is -1.78. The van der Waals surface area contributed by atoms with Crippen molar-refractivity contribution in [3.05, 3.63) is 29.2 Å². The Morgan fingerprint density at radius 1 is 1.00 bits per heavy atom. The van der Waals surface area contributed by atoms with Gasteiger partial charge in [-0.05, 0) is 12.5 Å². The van der Waals surface area contributed by atoms with Gasteiger partial charge in [0.2, 0.25) is 0 Å². The predicted octanol–water partition coefficient (Wildman–Crippen LogP) is 2.49. The molecule has 1 aromatic heterocycles. The fourth-order valence-corrected chi connectivity index (χ4v) is 0.996. The highest BCUT2D eigenvalue weighted by atomic mass is 16.4. The average Bonchev–Trinajstić information content (AvgIpc) is 1.59. The molecule has 0 saturated heterocycles. The van der Waals surface area contributed by atoms with Crippen LogP contribution in [0.2, 0.25) is 0 Å². The van der Waals surface area contributed by atoms with E-state index in [2.05, 4.69) is 6.92 Å². The molecule has 0 saturated carbocycles. The molecule has 0 unspecified atom stereocenters. The highest BCUT2D eigenvalue weighted by molar-refractivity contribution is 5.14. The molecule has 9 heavy (non-hydrogen) atoms. The Kier molecular flexibility index (Phi) is 1.52. The highest BCUT2D eigenvalue weighted by Crippen LogP contribution is 2.06. The lowest BCUT2D eigenvalue weighted by atomic mass is 11.0. The summed E-state index contributed by atoms with van der Waals surface area (Å²) in [7, 11) is 0. The van der Waals surface area contributed by atoms with Crippen molar-refractivity contribution in [1.82, 2.24) is 0 Å². The van der Waals surface area contributed by atoms with E-state index in [1.807, 2.05) is 26.0 Å². The summed E-state index contributed by atoms with van der Waals surface area (Å²) in [6, 6.07) is 4.04. The molecule has 0 amide bonds. The van der Waals surface area contributed by atoms with Gasteiger partial charge in [-0.2, -0.15) is 0 Å². The largest absolute Gasteiger partial charge is 0.326 e. The third-order valence-electron chi connectivity index (χ3n) is 1.18. The van der Waals surface area contributed by atoms with Gasteiger partial charge in [-0.25, -0.2) is 4.42 Å². The van der Waals surface area contributed by atoms with Crippen LogP contribution >= 0.6 is 0 Å². The molecule has 48 valence electrons. The highest BCUT2D eigenvalue weighted by Gasteiger charge is 2.03. The van der Waals surface area contributed by atoms with Gasteiger partial charge in [0.25, 0.3) is 0 Å². The molecule has 0 aromatic carbocycles. The molecule has 0 atom stereocenters. The van der Waals surface area contributed by atoms with Crippen molar-refractivity contribution < 1.29 is 4.42 Å². The Morgan fingerprint density at radius 3 is 1.78 bits per heavy atom. The Labute approximate surface area is 55.3 Å². The molecule has 0 N–H and O–H groups in total. The quantitative estimate of drug-likeness (QED) is 0.387. The van der Waals surface area contributed by atoms with Crippen LogP contribution in [0, 0.1) is 20.8 Å². The first-order valence-corrected chi connectivity index (χ1v) is 3.06. The lowest BCUT2D eigenvalue weighted by molar-refractivity contribution is 0.484. The van der Waals surface area contributed by atoms with Crippen molar-refractivity contribution in [2.45, 2.75) is 20.8 Å². The molecule has 0 aliphatic carbocycles. The Morgan fingerprint density at radius 2 is 1.44 bits per heavy atom. The van der Waals surface area contributed by atoms with E-state index >= 15 is 0 Å². The van der Waals surface area contributed by atoms with Crippen LogP contribution < -0.4 is 0 Å². The number of rotatable bonds is 0. The van der Waals surface area contributed by atoms with E-state index in [0.717, 1.165) is 11.5 Å². The van der Waals surface area contributed by atoms with Gasteiger partial charge in [0.15, 0.2) is 0 Å². The first-order chi connectivity index (χ1) is 4.18. The van der Waals surface area contributed by atoms with Crippen molar-refractivity contribution in [2.75, 3.05) is 0 Å². The molecular formula is C8H11O+. The van der Waals surface area contributed by atoms with E-state index in [-0.39, 0.29) is 0 Å². The van der Waals surface area contributed by atoms with E-state index < -0.39 is 0 Å². The summed E-state index contributed by atoms with van der Waals surface area (Å²) in [6.07, 6.45) is 0. The normalized spacial score (nSPS) is 9.67. The smallest absolute Gasteiger partial charge is 0.218 e. The first-order valence-electron chi connectivity index (χ1n) is 3.06. The van der Waals surface area contributed by atoms with Gasteiger partial charge in [0, 0.05) is 12.1 Å². The number of hydrogen-bond acceptors (Lipinski definition) is 0. The molecular weight excluding hydrogens is 118 g/mol. The maximum Gasteiger partial charge on any atom is 0.326 e. The van der Waals surface area contributed by atoms with Crippen LogP contribution in [-0.2, 0) is 0 Å². The van der Waals surface area contributed by atoms with E-state index in [1.165, 1.54) is 5.56 Å². The Hall–Kier alpha value is -0.850. The van der Waals surface area contributed by atoms with Gasteiger partial charge < -0.3 is 0 Å². The fourth-order valence-electron chi connectivity index (χ4n) is 0.996. The molecule has 1 nitrogen and oxygen atoms in total. The van der Waals surface area contributed by atoms with Gasteiger partial charge in [-0.1, -0.05) is 0 Å². The maximum atomic E-state index is 5.26. The zero-order valence-electron chi connectivity index (χ0n) is 6.06. The summed E-state index contributed by atoms with van der Waals surface area (Å²) >= 11 is 0. The molecule has 1 rings (SSSR count). The van der Waals surface area contributed by atoms with Gasteiger partial charge in [0.1, 0.15) is 0 Å². The van der Waals surface area contributed by atoms with Gasteiger partial charge in [-0.15, -0.1) is 0 Å². The van der Waals surface area contributed by atoms with Crippen LogP contribution in [-0.4, -0.2) is 0 Å². The SMILES string of the molecule is C[13c]1[13cH][13c]([13CH3])[13cH][13c](C)[o+]1. The van der Waals surface area contributed by atoms with Crippen LogP contribution in [0.5, 0.6) is 0 Å². The minimum absolute atomic E-state index is 0.979. The number of hydrogen-bond donors (Lipinski definition) is 0. The third-order valence-corrected chi connectivity index (χ3v) is 1.18. The minimum atomic E-state index is 0.979. The van der Waals surface area contributed by atoms with Crippen molar-refractivity contribution in [3.8, 4) is 0 Å². The van der Waals surface area contributed by atoms with Crippen LogP contribution in [0.3, 0.4) is 0 Å². The molecule has 0 aliphatic rings. The van der Waals surface area contributed by atoms with Crippen LogP contribution in [0.1, 0.15) is 17.1 Å².